The highest BCUT2D eigenvalue weighted by atomic mass is 127. The molecule has 0 aromatic rings. The van der Waals surface area contributed by atoms with Gasteiger partial charge in [-0.1, -0.05) is 26.2 Å². The second-order valence-corrected chi connectivity index (χ2v) is 7.55. The van der Waals surface area contributed by atoms with Gasteiger partial charge < -0.3 is 10.6 Å². The first-order valence-corrected chi connectivity index (χ1v) is 10.1. The standard InChI is InChI=1S/C15H34N4O2S.HI/c1-5-8-9-11-14(4)19-15(16-6-2)17-12-10-13-18-22(20,21)7-3;/h14,18H,5-13H2,1-4H3,(H2,16,17,19);1H. The molecular weight excluding hydrogens is 427 g/mol. The van der Waals surface area contributed by atoms with Crippen LogP contribution in [0.15, 0.2) is 4.99 Å². The van der Waals surface area contributed by atoms with Gasteiger partial charge in [0.2, 0.25) is 10.0 Å². The lowest BCUT2D eigenvalue weighted by molar-refractivity contribution is 0.546. The third-order valence-corrected chi connectivity index (χ3v) is 4.68. The normalized spacial score (nSPS) is 13.3. The molecule has 0 saturated heterocycles. The van der Waals surface area contributed by atoms with Gasteiger partial charge in [0, 0.05) is 25.7 Å². The second kappa shape index (κ2) is 15.4. The number of guanidine groups is 1. The first-order chi connectivity index (χ1) is 10.4. The first kappa shape index (κ1) is 25.2. The lowest BCUT2D eigenvalue weighted by Gasteiger charge is -2.17. The molecule has 23 heavy (non-hydrogen) atoms. The van der Waals surface area contributed by atoms with Gasteiger partial charge in [-0.05, 0) is 33.6 Å². The van der Waals surface area contributed by atoms with Crippen LogP contribution in [0.5, 0.6) is 0 Å². The van der Waals surface area contributed by atoms with E-state index in [4.69, 9.17) is 0 Å². The Hall–Kier alpha value is -0.0900. The molecule has 0 saturated carbocycles. The Morgan fingerprint density at radius 1 is 1.13 bits per heavy atom. The fraction of sp³-hybridized carbons (Fsp3) is 0.933. The zero-order valence-electron chi connectivity index (χ0n) is 15.0. The van der Waals surface area contributed by atoms with Crippen LogP contribution in [0.25, 0.3) is 0 Å². The number of unbranched alkanes of at least 4 members (excludes halogenated alkanes) is 2. The topological polar surface area (TPSA) is 82.6 Å². The van der Waals surface area contributed by atoms with Crippen LogP contribution in [0, 0.1) is 0 Å². The quantitative estimate of drug-likeness (QED) is 0.180. The number of hydrogen-bond donors (Lipinski definition) is 3. The average Bonchev–Trinajstić information content (AvgIpc) is 2.47. The minimum atomic E-state index is -3.09. The van der Waals surface area contributed by atoms with E-state index in [0.29, 0.717) is 25.6 Å². The summed E-state index contributed by atoms with van der Waals surface area (Å²) in [4.78, 5) is 4.49. The van der Waals surface area contributed by atoms with Crippen LogP contribution in [-0.2, 0) is 10.0 Å². The van der Waals surface area contributed by atoms with E-state index in [1.807, 2.05) is 6.92 Å². The molecule has 0 spiro atoms. The summed E-state index contributed by atoms with van der Waals surface area (Å²) in [7, 11) is -3.09. The number of nitrogens with zero attached hydrogens (tertiary/aromatic N) is 1. The number of rotatable bonds is 12. The zero-order chi connectivity index (χ0) is 16.8. The summed E-state index contributed by atoms with van der Waals surface area (Å²) in [6, 6.07) is 0.392. The fourth-order valence-electron chi connectivity index (χ4n) is 1.93. The predicted molar refractivity (Wildman–Crippen MR) is 110 cm³/mol. The molecule has 3 N–H and O–H groups in total. The van der Waals surface area contributed by atoms with Crippen molar-refractivity contribution in [2.75, 3.05) is 25.4 Å². The SMILES string of the molecule is CCCCCC(C)NC(=NCCCNS(=O)(=O)CC)NCC.I. The summed E-state index contributed by atoms with van der Waals surface area (Å²) in [6.45, 7) is 9.89. The summed E-state index contributed by atoms with van der Waals surface area (Å²) in [5, 5.41) is 6.62. The molecule has 1 atom stereocenters. The number of hydrogen-bond acceptors (Lipinski definition) is 3. The Labute approximate surface area is 159 Å². The van der Waals surface area contributed by atoms with Crippen LogP contribution in [-0.4, -0.2) is 45.8 Å². The fourth-order valence-corrected chi connectivity index (χ4v) is 2.59. The maximum absolute atomic E-state index is 11.3. The van der Waals surface area contributed by atoms with Gasteiger partial charge in [0.1, 0.15) is 0 Å². The third-order valence-electron chi connectivity index (χ3n) is 3.27. The van der Waals surface area contributed by atoms with Gasteiger partial charge in [-0.2, -0.15) is 0 Å². The molecular formula is C15H35IN4O2S. The Morgan fingerprint density at radius 3 is 2.39 bits per heavy atom. The first-order valence-electron chi connectivity index (χ1n) is 8.47. The molecule has 0 radical (unpaired) electrons. The largest absolute Gasteiger partial charge is 0.357 e. The number of nitrogens with one attached hydrogen (secondary N) is 3. The van der Waals surface area contributed by atoms with E-state index in [1.54, 1.807) is 6.92 Å². The van der Waals surface area contributed by atoms with Crippen molar-refractivity contribution in [1.29, 1.82) is 0 Å². The van der Waals surface area contributed by atoms with Crippen molar-refractivity contribution in [3.8, 4) is 0 Å². The van der Waals surface area contributed by atoms with E-state index in [9.17, 15) is 8.42 Å². The minimum Gasteiger partial charge on any atom is -0.357 e. The summed E-state index contributed by atoms with van der Waals surface area (Å²) in [5.74, 6) is 0.931. The molecule has 0 heterocycles. The van der Waals surface area contributed by atoms with E-state index in [0.717, 1.165) is 18.9 Å². The molecule has 0 aliphatic rings. The third kappa shape index (κ3) is 15.2. The molecule has 0 rings (SSSR count). The van der Waals surface area contributed by atoms with Crippen molar-refractivity contribution in [2.24, 2.45) is 4.99 Å². The predicted octanol–water partition coefficient (Wildman–Crippen LogP) is 2.46. The average molecular weight is 462 g/mol. The Bertz CT molecular complexity index is 402. The Balaban J connectivity index is 0. The molecule has 0 amide bonds. The lowest BCUT2D eigenvalue weighted by atomic mass is 10.1. The number of aliphatic imine (C=N–C) groups is 1. The van der Waals surface area contributed by atoms with Gasteiger partial charge in [-0.3, -0.25) is 4.99 Å². The van der Waals surface area contributed by atoms with Gasteiger partial charge in [-0.15, -0.1) is 24.0 Å². The smallest absolute Gasteiger partial charge is 0.211 e. The van der Waals surface area contributed by atoms with Gasteiger partial charge in [0.25, 0.3) is 0 Å². The lowest BCUT2D eigenvalue weighted by Crippen LogP contribution is -2.42. The molecule has 0 aromatic heterocycles. The van der Waals surface area contributed by atoms with Gasteiger partial charge in [0.15, 0.2) is 5.96 Å². The molecule has 0 aliphatic carbocycles. The van der Waals surface area contributed by atoms with Gasteiger partial charge in [-0.25, -0.2) is 13.1 Å². The van der Waals surface area contributed by atoms with Crippen molar-refractivity contribution in [1.82, 2.24) is 15.4 Å². The van der Waals surface area contributed by atoms with Crippen molar-refractivity contribution < 1.29 is 8.42 Å². The van der Waals surface area contributed by atoms with Crippen molar-refractivity contribution >= 4 is 40.0 Å². The molecule has 0 aliphatic heterocycles. The molecule has 1 unspecified atom stereocenters. The summed E-state index contributed by atoms with van der Waals surface area (Å²) < 4.78 is 25.1. The molecule has 6 nitrogen and oxygen atoms in total. The van der Waals surface area contributed by atoms with E-state index in [1.165, 1.54) is 19.3 Å². The van der Waals surface area contributed by atoms with Crippen LogP contribution in [0.1, 0.15) is 59.8 Å². The second-order valence-electron chi connectivity index (χ2n) is 5.45. The van der Waals surface area contributed by atoms with E-state index in [-0.39, 0.29) is 29.7 Å². The monoisotopic (exact) mass is 462 g/mol. The van der Waals surface area contributed by atoms with Crippen LogP contribution in [0.4, 0.5) is 0 Å². The van der Waals surface area contributed by atoms with Crippen LogP contribution >= 0.6 is 24.0 Å². The highest BCUT2D eigenvalue weighted by Gasteiger charge is 2.06. The molecule has 0 bridgehead atoms. The summed E-state index contributed by atoms with van der Waals surface area (Å²) in [6.07, 6.45) is 5.54. The number of halogens is 1. The highest BCUT2D eigenvalue weighted by Crippen LogP contribution is 2.02. The van der Waals surface area contributed by atoms with E-state index < -0.39 is 10.0 Å². The van der Waals surface area contributed by atoms with Crippen molar-refractivity contribution in [2.45, 2.75) is 65.8 Å². The van der Waals surface area contributed by atoms with Crippen molar-refractivity contribution in [3.05, 3.63) is 0 Å². The maximum atomic E-state index is 11.3. The summed E-state index contributed by atoms with van der Waals surface area (Å²) in [5.41, 5.74) is 0. The minimum absolute atomic E-state index is 0. The Kier molecular flexibility index (Phi) is 16.9. The van der Waals surface area contributed by atoms with Crippen molar-refractivity contribution in [3.63, 3.8) is 0 Å². The molecule has 8 heteroatoms. The van der Waals surface area contributed by atoms with Gasteiger partial charge in [0.05, 0.1) is 5.75 Å². The van der Waals surface area contributed by atoms with Crippen LogP contribution < -0.4 is 15.4 Å². The molecule has 0 aromatic carbocycles. The maximum Gasteiger partial charge on any atom is 0.211 e. The van der Waals surface area contributed by atoms with E-state index >= 15 is 0 Å². The zero-order valence-corrected chi connectivity index (χ0v) is 18.2. The molecule has 140 valence electrons. The van der Waals surface area contributed by atoms with Crippen LogP contribution in [0.3, 0.4) is 0 Å². The number of sulfonamides is 1. The molecule has 0 fully saturated rings. The van der Waals surface area contributed by atoms with Gasteiger partial charge >= 0.3 is 0 Å². The van der Waals surface area contributed by atoms with E-state index in [2.05, 4.69) is 34.2 Å². The van der Waals surface area contributed by atoms with Crippen LogP contribution in [0.2, 0.25) is 0 Å². The highest BCUT2D eigenvalue weighted by molar-refractivity contribution is 14.0. The summed E-state index contributed by atoms with van der Waals surface area (Å²) >= 11 is 0. The Morgan fingerprint density at radius 2 is 1.83 bits per heavy atom.